The van der Waals surface area contributed by atoms with Gasteiger partial charge in [0.25, 0.3) is 0 Å². The van der Waals surface area contributed by atoms with Gasteiger partial charge in [-0.15, -0.1) is 0 Å². The fourth-order valence-electron chi connectivity index (χ4n) is 2.26. The Morgan fingerprint density at radius 1 is 1.39 bits per heavy atom. The highest BCUT2D eigenvalue weighted by atomic mass is 127. The molecule has 0 saturated heterocycles. The number of halogens is 2. The summed E-state index contributed by atoms with van der Waals surface area (Å²) in [5.41, 5.74) is 1.92. The summed E-state index contributed by atoms with van der Waals surface area (Å²) in [5.74, 6) is -1.34. The average molecular weight is 426 g/mol. The van der Waals surface area contributed by atoms with Crippen molar-refractivity contribution in [2.45, 2.75) is 6.92 Å². The zero-order chi connectivity index (χ0) is 16.6. The first-order valence-electron chi connectivity index (χ1n) is 6.68. The summed E-state index contributed by atoms with van der Waals surface area (Å²) in [4.78, 5) is 15.9. The van der Waals surface area contributed by atoms with E-state index >= 15 is 0 Å². The van der Waals surface area contributed by atoms with Crippen molar-refractivity contribution in [1.29, 1.82) is 0 Å². The van der Waals surface area contributed by atoms with Gasteiger partial charge in [0.05, 0.1) is 18.4 Å². The molecule has 0 radical (unpaired) electrons. The number of oxazole rings is 1. The maximum absolute atomic E-state index is 14.8. The summed E-state index contributed by atoms with van der Waals surface area (Å²) in [5, 5.41) is 2.97. The summed E-state index contributed by atoms with van der Waals surface area (Å²) in [6, 6.07) is 7.10. The van der Waals surface area contributed by atoms with Gasteiger partial charge in [-0.1, -0.05) is 0 Å². The van der Waals surface area contributed by atoms with Crippen LogP contribution < -0.4 is 5.32 Å². The molecule has 0 fully saturated rings. The lowest BCUT2D eigenvalue weighted by molar-refractivity contribution is 0.0601. The first-order chi connectivity index (χ1) is 11.0. The Hall–Kier alpha value is -2.16. The number of rotatable bonds is 3. The van der Waals surface area contributed by atoms with E-state index in [4.69, 9.17) is 9.15 Å². The lowest BCUT2D eigenvalue weighted by atomic mass is 10.1. The van der Waals surface area contributed by atoms with E-state index in [1.807, 2.05) is 25.1 Å². The molecular formula is C16H12FIN2O3. The number of esters is 1. The van der Waals surface area contributed by atoms with Gasteiger partial charge in [0.15, 0.2) is 17.8 Å². The monoisotopic (exact) mass is 426 g/mol. The minimum Gasteiger partial charge on any atom is -0.465 e. The van der Waals surface area contributed by atoms with Crippen molar-refractivity contribution in [3.05, 3.63) is 51.2 Å². The summed E-state index contributed by atoms with van der Waals surface area (Å²) >= 11 is 2.19. The van der Waals surface area contributed by atoms with E-state index < -0.39 is 11.8 Å². The molecule has 0 aliphatic rings. The molecule has 5 nitrogen and oxygen atoms in total. The first-order valence-corrected chi connectivity index (χ1v) is 7.76. The smallest absolute Gasteiger partial charge is 0.340 e. The molecule has 0 atom stereocenters. The van der Waals surface area contributed by atoms with Crippen LogP contribution in [0.4, 0.5) is 15.8 Å². The number of aryl methyl sites for hydroxylation is 1. The van der Waals surface area contributed by atoms with Gasteiger partial charge in [-0.2, -0.15) is 0 Å². The first kappa shape index (κ1) is 15.7. The standard InChI is InChI=1S/C16H12FIN2O3/c1-8-5-9(18)3-4-11(8)20-14-10(16(21)22-2)6-12-15(13(14)17)23-7-19-12/h3-7,20H,1-2H3. The number of carbonyl (C=O) groups excluding carboxylic acids is 1. The molecule has 23 heavy (non-hydrogen) atoms. The molecule has 0 aliphatic heterocycles. The van der Waals surface area contributed by atoms with E-state index in [0.717, 1.165) is 15.5 Å². The molecule has 0 aliphatic carbocycles. The number of methoxy groups -OCH3 is 1. The third-order valence-electron chi connectivity index (χ3n) is 3.42. The topological polar surface area (TPSA) is 64.4 Å². The van der Waals surface area contributed by atoms with Gasteiger partial charge in [0, 0.05) is 9.26 Å². The van der Waals surface area contributed by atoms with Crippen LogP contribution in [0.5, 0.6) is 0 Å². The summed E-state index contributed by atoms with van der Waals surface area (Å²) < 4.78 is 25.6. The SMILES string of the molecule is COC(=O)c1cc2ncoc2c(F)c1Nc1ccc(I)cc1C. The number of fused-ring (bicyclic) bond motifs is 1. The van der Waals surface area contributed by atoms with Gasteiger partial charge >= 0.3 is 5.97 Å². The predicted octanol–water partition coefficient (Wildman–Crippen LogP) is 4.41. The van der Waals surface area contributed by atoms with Crippen LogP contribution in [0.15, 0.2) is 35.1 Å². The highest BCUT2D eigenvalue weighted by Crippen LogP contribution is 2.32. The lowest BCUT2D eigenvalue weighted by Crippen LogP contribution is -2.08. The Balaban J connectivity index is 2.17. The van der Waals surface area contributed by atoms with Gasteiger partial charge in [-0.05, 0) is 59.3 Å². The Bertz CT molecular complexity index is 908. The van der Waals surface area contributed by atoms with Gasteiger partial charge in [0.2, 0.25) is 0 Å². The van der Waals surface area contributed by atoms with E-state index in [2.05, 4.69) is 32.9 Å². The summed E-state index contributed by atoms with van der Waals surface area (Å²) in [6.07, 6.45) is 1.13. The third kappa shape index (κ3) is 2.88. The molecule has 0 bridgehead atoms. The van der Waals surface area contributed by atoms with Crippen LogP contribution in [0.1, 0.15) is 15.9 Å². The molecule has 118 valence electrons. The van der Waals surface area contributed by atoms with Crippen LogP contribution in [0, 0.1) is 16.3 Å². The van der Waals surface area contributed by atoms with Crippen LogP contribution in [-0.4, -0.2) is 18.1 Å². The van der Waals surface area contributed by atoms with E-state index in [1.165, 1.54) is 13.2 Å². The fraction of sp³-hybridized carbons (Fsp3) is 0.125. The van der Waals surface area contributed by atoms with Gasteiger partial charge in [0.1, 0.15) is 5.52 Å². The van der Waals surface area contributed by atoms with Crippen LogP contribution in [0.3, 0.4) is 0 Å². The molecule has 7 heteroatoms. The number of ether oxygens (including phenoxy) is 1. The normalized spacial score (nSPS) is 10.8. The Kier molecular flexibility index (Phi) is 4.20. The Labute approximate surface area is 145 Å². The van der Waals surface area contributed by atoms with Gasteiger partial charge in [-0.3, -0.25) is 0 Å². The minimum atomic E-state index is -0.682. The zero-order valence-corrected chi connectivity index (χ0v) is 14.5. The second kappa shape index (κ2) is 6.15. The van der Waals surface area contributed by atoms with E-state index in [0.29, 0.717) is 5.69 Å². The molecular weight excluding hydrogens is 414 g/mol. The number of anilines is 2. The lowest BCUT2D eigenvalue weighted by Gasteiger charge is -2.14. The molecule has 3 aromatic rings. The van der Waals surface area contributed by atoms with Crippen LogP contribution >= 0.6 is 22.6 Å². The van der Waals surface area contributed by atoms with Crippen molar-refractivity contribution in [3.8, 4) is 0 Å². The molecule has 0 amide bonds. The van der Waals surface area contributed by atoms with Crippen LogP contribution in [-0.2, 0) is 4.74 Å². The zero-order valence-electron chi connectivity index (χ0n) is 12.3. The molecule has 1 N–H and O–H groups in total. The van der Waals surface area contributed by atoms with Crippen molar-refractivity contribution >= 4 is 51.0 Å². The Morgan fingerprint density at radius 2 is 2.17 bits per heavy atom. The molecule has 1 heterocycles. The van der Waals surface area contributed by atoms with Crippen molar-refractivity contribution in [2.75, 3.05) is 12.4 Å². The molecule has 3 rings (SSSR count). The minimum absolute atomic E-state index is 0.00501. The molecule has 2 aromatic carbocycles. The van der Waals surface area contributed by atoms with Gasteiger partial charge < -0.3 is 14.5 Å². The van der Waals surface area contributed by atoms with Crippen molar-refractivity contribution in [2.24, 2.45) is 0 Å². The maximum atomic E-state index is 14.8. The number of aromatic nitrogens is 1. The number of hydrogen-bond acceptors (Lipinski definition) is 5. The number of hydrogen-bond donors (Lipinski definition) is 1. The molecule has 0 unspecified atom stereocenters. The maximum Gasteiger partial charge on any atom is 0.340 e. The summed E-state index contributed by atoms with van der Waals surface area (Å²) in [6.45, 7) is 1.90. The van der Waals surface area contributed by atoms with E-state index in [1.54, 1.807) is 0 Å². The second-order valence-corrected chi connectivity index (χ2v) is 6.14. The fourth-order valence-corrected chi connectivity index (χ4v) is 2.90. The van der Waals surface area contributed by atoms with Crippen LogP contribution in [0.25, 0.3) is 11.1 Å². The molecule has 0 saturated carbocycles. The van der Waals surface area contributed by atoms with E-state index in [-0.39, 0.29) is 22.4 Å². The quantitative estimate of drug-likeness (QED) is 0.497. The number of nitrogens with zero attached hydrogens (tertiary/aromatic N) is 1. The molecule has 0 spiro atoms. The van der Waals surface area contributed by atoms with E-state index in [9.17, 15) is 9.18 Å². The average Bonchev–Trinajstić information content (AvgIpc) is 3.00. The predicted molar refractivity (Wildman–Crippen MR) is 92.5 cm³/mol. The molecule has 1 aromatic heterocycles. The van der Waals surface area contributed by atoms with Crippen molar-refractivity contribution < 1.29 is 18.3 Å². The van der Waals surface area contributed by atoms with Gasteiger partial charge in [-0.25, -0.2) is 14.2 Å². The number of carbonyl (C=O) groups is 1. The highest BCUT2D eigenvalue weighted by Gasteiger charge is 2.22. The highest BCUT2D eigenvalue weighted by molar-refractivity contribution is 14.1. The Morgan fingerprint density at radius 3 is 2.87 bits per heavy atom. The summed E-state index contributed by atoms with van der Waals surface area (Å²) in [7, 11) is 1.24. The van der Waals surface area contributed by atoms with Crippen LogP contribution in [0.2, 0.25) is 0 Å². The van der Waals surface area contributed by atoms with Crippen molar-refractivity contribution in [1.82, 2.24) is 4.98 Å². The number of benzene rings is 2. The largest absolute Gasteiger partial charge is 0.465 e. The third-order valence-corrected chi connectivity index (χ3v) is 4.09. The number of nitrogens with one attached hydrogen (secondary N) is 1. The second-order valence-electron chi connectivity index (χ2n) is 4.89. The van der Waals surface area contributed by atoms with Crippen molar-refractivity contribution in [3.63, 3.8) is 0 Å².